The molecule has 0 bridgehead atoms. The molecule has 10 rings (SSSR count). The molecule has 2 fully saturated rings. The van der Waals surface area contributed by atoms with Crippen molar-refractivity contribution in [1.29, 1.82) is 0 Å². The SMILES string of the molecule is Cc1ncc(NC(=O)c2cccc(C(F)(F)F)c2)cc1-c1cnc2c(c1)N1CCOC[C@@H]1[C@@H](CO)C2.Cc1ncc(NC(=O)c2cccc(C(F)(F)F)c2)cc1-c1cnc2c(c1)N1CCOC[C@H]1[C@H](CO)C2. The minimum absolute atomic E-state index is 0.0499. The van der Waals surface area contributed by atoms with Gasteiger partial charge in [-0.25, -0.2) is 0 Å². The number of pyridine rings is 4. The fourth-order valence-electron chi connectivity index (χ4n) is 9.70. The third-order valence-electron chi connectivity index (χ3n) is 13.5. The number of halogens is 6. The number of carbonyl (C=O) groups is 2. The van der Waals surface area contributed by atoms with Gasteiger partial charge in [0, 0.05) is 95.3 Å². The van der Waals surface area contributed by atoms with E-state index in [1.54, 1.807) is 24.5 Å². The van der Waals surface area contributed by atoms with E-state index >= 15 is 0 Å². The van der Waals surface area contributed by atoms with Crippen LogP contribution < -0.4 is 20.4 Å². The molecular formula is C52H50F6N8O6. The van der Waals surface area contributed by atoms with Crippen molar-refractivity contribution in [1.82, 2.24) is 19.9 Å². The molecule has 6 aromatic rings. The second kappa shape index (κ2) is 20.6. The number of nitrogens with one attached hydrogen (secondary N) is 2. The van der Waals surface area contributed by atoms with E-state index in [0.717, 1.165) is 80.7 Å². The average molecular weight is 997 g/mol. The lowest BCUT2D eigenvalue weighted by atomic mass is 9.87. The third kappa shape index (κ3) is 10.6. The lowest BCUT2D eigenvalue weighted by Crippen LogP contribution is -2.54. The number of rotatable bonds is 8. The lowest BCUT2D eigenvalue weighted by molar-refractivity contribution is -0.138. The average Bonchev–Trinajstić information content (AvgIpc) is 3.38. The van der Waals surface area contributed by atoms with Gasteiger partial charge in [0.2, 0.25) is 0 Å². The molecule has 0 spiro atoms. The number of fused-ring (bicyclic) bond motifs is 6. The van der Waals surface area contributed by atoms with E-state index in [4.69, 9.17) is 9.47 Å². The van der Waals surface area contributed by atoms with E-state index in [2.05, 4.69) is 40.4 Å². The van der Waals surface area contributed by atoms with Crippen LogP contribution >= 0.6 is 0 Å². The quantitative estimate of drug-likeness (QED) is 0.108. The molecule has 72 heavy (non-hydrogen) atoms. The summed E-state index contributed by atoms with van der Waals surface area (Å²) in [6.45, 7) is 7.48. The Kier molecular flexibility index (Phi) is 14.3. The smallest absolute Gasteiger partial charge is 0.396 e. The first-order chi connectivity index (χ1) is 34.5. The normalized spacial score (nSPS) is 19.4. The standard InChI is InChI=1S/2C26H25F3N4O3/c2*1-15-21(10-20(12-30-15)32-25(35)16-3-2-4-19(7-16)26(27,28)29)17-9-23-22(31-11-17)8-18(13-34)24-14-36-6-5-33(23)24/h2*2-4,7,9-12,18,24,34H,5-6,8,13-14H2,1H3,(H,32,35)/t2*18-,24-/m10/s1. The zero-order valence-corrected chi connectivity index (χ0v) is 39.1. The van der Waals surface area contributed by atoms with Crippen LogP contribution in [0.1, 0.15) is 54.6 Å². The molecule has 376 valence electrons. The number of nitrogens with zero attached hydrogens (tertiary/aromatic N) is 6. The molecule has 4 atom stereocenters. The molecule has 0 aliphatic carbocycles. The van der Waals surface area contributed by atoms with E-state index in [-0.39, 0.29) is 48.3 Å². The first kappa shape index (κ1) is 50.0. The summed E-state index contributed by atoms with van der Waals surface area (Å²) < 4.78 is 89.5. The number of benzene rings is 2. The summed E-state index contributed by atoms with van der Waals surface area (Å²) >= 11 is 0. The van der Waals surface area contributed by atoms with Crippen molar-refractivity contribution < 1.29 is 55.6 Å². The molecule has 0 unspecified atom stereocenters. The van der Waals surface area contributed by atoms with Gasteiger partial charge < -0.3 is 40.1 Å². The maximum absolute atomic E-state index is 13.0. The minimum Gasteiger partial charge on any atom is -0.396 e. The highest BCUT2D eigenvalue weighted by molar-refractivity contribution is 6.05. The molecule has 8 heterocycles. The number of aromatic nitrogens is 4. The van der Waals surface area contributed by atoms with E-state index in [9.17, 15) is 46.1 Å². The van der Waals surface area contributed by atoms with Crippen LogP contribution in [0, 0.1) is 25.7 Å². The molecule has 4 aliphatic heterocycles. The van der Waals surface area contributed by atoms with Crippen LogP contribution in [0.2, 0.25) is 0 Å². The molecule has 4 aromatic heterocycles. The van der Waals surface area contributed by atoms with Gasteiger partial charge in [-0.2, -0.15) is 26.3 Å². The fraction of sp³-hybridized carbons (Fsp3) is 0.346. The van der Waals surface area contributed by atoms with Gasteiger partial charge in [-0.1, -0.05) is 12.1 Å². The van der Waals surface area contributed by atoms with Crippen LogP contribution in [0.15, 0.2) is 97.6 Å². The lowest BCUT2D eigenvalue weighted by Gasteiger charge is -2.45. The highest BCUT2D eigenvalue weighted by atomic mass is 19.4. The van der Waals surface area contributed by atoms with Gasteiger partial charge in [-0.3, -0.25) is 29.5 Å². The van der Waals surface area contributed by atoms with Crippen molar-refractivity contribution in [3.8, 4) is 22.3 Å². The van der Waals surface area contributed by atoms with Crippen LogP contribution in [-0.2, 0) is 34.7 Å². The van der Waals surface area contributed by atoms with E-state index < -0.39 is 35.3 Å². The van der Waals surface area contributed by atoms with Crippen LogP contribution in [-0.4, -0.2) is 107 Å². The third-order valence-corrected chi connectivity index (χ3v) is 13.5. The Bertz CT molecular complexity index is 2790. The number of carbonyl (C=O) groups excluding carboxylic acids is 2. The Morgan fingerprint density at radius 1 is 0.611 bits per heavy atom. The Morgan fingerprint density at radius 2 is 1.03 bits per heavy atom. The molecule has 20 heteroatoms. The number of morpholine rings is 2. The van der Waals surface area contributed by atoms with Crippen LogP contribution in [0.5, 0.6) is 0 Å². The second-order valence-corrected chi connectivity index (χ2v) is 18.1. The molecule has 2 saturated heterocycles. The summed E-state index contributed by atoms with van der Waals surface area (Å²) in [6, 6.07) is 16.3. The van der Waals surface area contributed by atoms with Crippen molar-refractivity contribution in [2.75, 3.05) is 73.2 Å². The Morgan fingerprint density at radius 3 is 1.42 bits per heavy atom. The first-order valence-electron chi connectivity index (χ1n) is 23.3. The van der Waals surface area contributed by atoms with Crippen molar-refractivity contribution in [2.45, 2.75) is 51.1 Å². The fourth-order valence-corrected chi connectivity index (χ4v) is 9.70. The first-order valence-corrected chi connectivity index (χ1v) is 23.3. The zero-order chi connectivity index (χ0) is 50.9. The van der Waals surface area contributed by atoms with Gasteiger partial charge in [0.1, 0.15) is 0 Å². The number of ether oxygens (including phenoxy) is 2. The number of amides is 2. The summed E-state index contributed by atoms with van der Waals surface area (Å²) in [5, 5.41) is 25.0. The summed E-state index contributed by atoms with van der Waals surface area (Å²) in [5.41, 5.74) is 7.11. The predicted molar refractivity (Wildman–Crippen MR) is 256 cm³/mol. The predicted octanol–water partition coefficient (Wildman–Crippen LogP) is 8.19. The topological polar surface area (TPSA) is 175 Å². The highest BCUT2D eigenvalue weighted by Gasteiger charge is 2.39. The monoisotopic (exact) mass is 996 g/mol. The number of aliphatic hydroxyl groups excluding tert-OH is 2. The van der Waals surface area contributed by atoms with E-state index in [0.29, 0.717) is 63.7 Å². The van der Waals surface area contributed by atoms with Gasteiger partial charge in [0.05, 0.1) is 96.2 Å². The minimum atomic E-state index is -4.54. The summed E-state index contributed by atoms with van der Waals surface area (Å²) in [7, 11) is 0. The molecule has 4 N–H and O–H groups in total. The van der Waals surface area contributed by atoms with E-state index in [1.807, 2.05) is 26.0 Å². The Labute approximate surface area is 410 Å². The van der Waals surface area contributed by atoms with Crippen LogP contribution in [0.25, 0.3) is 22.3 Å². The van der Waals surface area contributed by atoms with Gasteiger partial charge in [-0.05, 0) is 87.4 Å². The molecule has 4 aliphatic rings. The van der Waals surface area contributed by atoms with Crippen molar-refractivity contribution in [3.63, 3.8) is 0 Å². The van der Waals surface area contributed by atoms with E-state index in [1.165, 1.54) is 36.7 Å². The molecule has 2 amide bonds. The highest BCUT2D eigenvalue weighted by Crippen LogP contribution is 2.40. The largest absolute Gasteiger partial charge is 0.416 e. The molecule has 0 radical (unpaired) electrons. The summed E-state index contributed by atoms with van der Waals surface area (Å²) in [6.07, 6.45) is -1.33. The maximum Gasteiger partial charge on any atom is 0.416 e. The van der Waals surface area contributed by atoms with Crippen LogP contribution in [0.4, 0.5) is 49.1 Å². The van der Waals surface area contributed by atoms with Gasteiger partial charge in [0.15, 0.2) is 0 Å². The maximum atomic E-state index is 13.0. The Hall–Kier alpha value is -7.00. The van der Waals surface area contributed by atoms with Gasteiger partial charge in [0.25, 0.3) is 11.8 Å². The summed E-state index contributed by atoms with van der Waals surface area (Å²) in [5.74, 6) is -1.22. The molecule has 14 nitrogen and oxygen atoms in total. The Balaban J connectivity index is 0.000000178. The number of alkyl halides is 6. The molecule has 2 aromatic carbocycles. The number of aryl methyl sites for hydroxylation is 2. The number of hydrogen-bond acceptors (Lipinski definition) is 12. The summed E-state index contributed by atoms with van der Waals surface area (Å²) in [4.78, 5) is 48.0. The van der Waals surface area contributed by atoms with Crippen LogP contribution in [0.3, 0.4) is 0 Å². The second-order valence-electron chi connectivity index (χ2n) is 18.1. The van der Waals surface area contributed by atoms with Crippen molar-refractivity contribution in [3.05, 3.63) is 143 Å². The van der Waals surface area contributed by atoms with Gasteiger partial charge in [-0.15, -0.1) is 0 Å². The van der Waals surface area contributed by atoms with Crippen molar-refractivity contribution in [2.24, 2.45) is 11.8 Å². The number of anilines is 4. The number of hydrogen-bond donors (Lipinski definition) is 4. The molecular weight excluding hydrogens is 947 g/mol. The zero-order valence-electron chi connectivity index (χ0n) is 39.1. The van der Waals surface area contributed by atoms with Gasteiger partial charge >= 0.3 is 12.4 Å². The molecule has 0 saturated carbocycles. The van der Waals surface area contributed by atoms with Crippen molar-refractivity contribution >= 4 is 34.6 Å². The number of aliphatic hydroxyl groups is 2.